The van der Waals surface area contributed by atoms with E-state index in [0.717, 1.165) is 11.5 Å². The topological polar surface area (TPSA) is 0 Å². The van der Waals surface area contributed by atoms with Crippen LogP contribution in [0, 0.1) is 11.7 Å². The molecule has 0 nitrogen and oxygen atoms in total. The molecular formula is C15H17F. The molecule has 1 heteroatoms. The van der Waals surface area contributed by atoms with Crippen LogP contribution in [0.2, 0.25) is 0 Å². The minimum atomic E-state index is -0.178. The van der Waals surface area contributed by atoms with Gasteiger partial charge in [-0.05, 0) is 55.9 Å². The molecule has 1 aliphatic carbocycles. The minimum Gasteiger partial charge on any atom is -0.207 e. The standard InChI is InChI=1S/C15H17F/c1-11(2)15(10-5-12-3-4-12)13-6-8-14(16)9-7-13/h5-10,12H,3-4H2,1-2H3. The van der Waals surface area contributed by atoms with Gasteiger partial charge in [-0.25, -0.2) is 4.39 Å². The highest BCUT2D eigenvalue weighted by molar-refractivity contribution is 5.76. The molecule has 0 bridgehead atoms. The van der Waals surface area contributed by atoms with Gasteiger partial charge in [0.2, 0.25) is 0 Å². The van der Waals surface area contributed by atoms with Gasteiger partial charge in [-0.2, -0.15) is 0 Å². The van der Waals surface area contributed by atoms with Gasteiger partial charge in [-0.3, -0.25) is 0 Å². The van der Waals surface area contributed by atoms with E-state index in [1.165, 1.54) is 36.1 Å². The van der Waals surface area contributed by atoms with Crippen LogP contribution in [0.3, 0.4) is 0 Å². The molecule has 0 radical (unpaired) electrons. The minimum absolute atomic E-state index is 0.178. The molecule has 0 aromatic heterocycles. The van der Waals surface area contributed by atoms with Crippen molar-refractivity contribution in [2.45, 2.75) is 26.7 Å². The summed E-state index contributed by atoms with van der Waals surface area (Å²) in [6, 6.07) is 6.72. The van der Waals surface area contributed by atoms with E-state index in [2.05, 4.69) is 26.0 Å². The third-order valence-electron chi connectivity index (χ3n) is 2.85. The van der Waals surface area contributed by atoms with E-state index in [-0.39, 0.29) is 5.82 Å². The van der Waals surface area contributed by atoms with Crippen LogP contribution in [0.4, 0.5) is 4.39 Å². The molecule has 0 heterocycles. The summed E-state index contributed by atoms with van der Waals surface area (Å²) in [7, 11) is 0. The average molecular weight is 216 g/mol. The van der Waals surface area contributed by atoms with Crippen LogP contribution in [-0.2, 0) is 0 Å². The Bertz CT molecular complexity index is 415. The highest BCUT2D eigenvalue weighted by atomic mass is 19.1. The van der Waals surface area contributed by atoms with Crippen molar-refractivity contribution in [3.63, 3.8) is 0 Å². The van der Waals surface area contributed by atoms with Crippen molar-refractivity contribution < 1.29 is 4.39 Å². The summed E-state index contributed by atoms with van der Waals surface area (Å²) >= 11 is 0. The fraction of sp³-hybridized carbons (Fsp3) is 0.333. The number of halogens is 1. The summed E-state index contributed by atoms with van der Waals surface area (Å²) in [6.45, 7) is 4.19. The molecule has 16 heavy (non-hydrogen) atoms. The van der Waals surface area contributed by atoms with Gasteiger partial charge >= 0.3 is 0 Å². The number of benzene rings is 1. The molecule has 0 atom stereocenters. The lowest BCUT2D eigenvalue weighted by Crippen LogP contribution is -1.85. The van der Waals surface area contributed by atoms with E-state index in [1.54, 1.807) is 0 Å². The van der Waals surface area contributed by atoms with E-state index in [1.807, 2.05) is 12.1 Å². The van der Waals surface area contributed by atoms with E-state index in [9.17, 15) is 4.39 Å². The third-order valence-corrected chi connectivity index (χ3v) is 2.85. The largest absolute Gasteiger partial charge is 0.207 e. The quantitative estimate of drug-likeness (QED) is 0.648. The van der Waals surface area contributed by atoms with Crippen molar-refractivity contribution in [3.05, 3.63) is 53.4 Å². The lowest BCUT2D eigenvalue weighted by atomic mass is 10.0. The molecule has 0 spiro atoms. The van der Waals surface area contributed by atoms with Crippen molar-refractivity contribution in [3.8, 4) is 0 Å². The molecule has 0 unspecified atom stereocenters. The average Bonchev–Trinajstić information content (AvgIpc) is 3.04. The van der Waals surface area contributed by atoms with Gasteiger partial charge in [0.25, 0.3) is 0 Å². The van der Waals surface area contributed by atoms with Crippen molar-refractivity contribution >= 4 is 5.57 Å². The number of hydrogen-bond acceptors (Lipinski definition) is 0. The summed E-state index contributed by atoms with van der Waals surface area (Å²) < 4.78 is 12.8. The molecule has 1 fully saturated rings. The predicted molar refractivity (Wildman–Crippen MR) is 66.5 cm³/mol. The molecule has 0 aliphatic heterocycles. The number of hydrogen-bond donors (Lipinski definition) is 0. The Hall–Kier alpha value is -1.37. The summed E-state index contributed by atoms with van der Waals surface area (Å²) in [5.74, 6) is 0.595. The molecule has 2 rings (SSSR count). The van der Waals surface area contributed by atoms with Crippen LogP contribution in [0.1, 0.15) is 32.3 Å². The zero-order valence-electron chi connectivity index (χ0n) is 9.83. The fourth-order valence-corrected chi connectivity index (χ4v) is 1.70. The summed E-state index contributed by atoms with van der Waals surface area (Å²) in [6.07, 6.45) is 7.08. The lowest BCUT2D eigenvalue weighted by molar-refractivity contribution is 0.627. The van der Waals surface area contributed by atoms with E-state index >= 15 is 0 Å². The van der Waals surface area contributed by atoms with Crippen molar-refractivity contribution in [2.75, 3.05) is 0 Å². The van der Waals surface area contributed by atoms with Crippen LogP contribution < -0.4 is 0 Å². The van der Waals surface area contributed by atoms with Gasteiger partial charge < -0.3 is 0 Å². The summed E-state index contributed by atoms with van der Waals surface area (Å²) in [4.78, 5) is 0. The molecule has 0 amide bonds. The second-order valence-electron chi connectivity index (χ2n) is 4.62. The summed E-state index contributed by atoms with van der Waals surface area (Å²) in [5.41, 5.74) is 3.58. The first-order chi connectivity index (χ1) is 7.66. The first kappa shape index (κ1) is 11.1. The van der Waals surface area contributed by atoms with Gasteiger partial charge in [0, 0.05) is 0 Å². The second-order valence-corrected chi connectivity index (χ2v) is 4.62. The Morgan fingerprint density at radius 2 is 1.81 bits per heavy atom. The predicted octanol–water partition coefficient (Wildman–Crippen LogP) is 4.59. The maximum absolute atomic E-state index is 12.8. The second kappa shape index (κ2) is 4.65. The molecule has 1 saturated carbocycles. The first-order valence-corrected chi connectivity index (χ1v) is 5.78. The first-order valence-electron chi connectivity index (χ1n) is 5.78. The van der Waals surface area contributed by atoms with E-state index in [0.29, 0.717) is 0 Å². The molecule has 1 aliphatic rings. The smallest absolute Gasteiger partial charge is 0.123 e. The van der Waals surface area contributed by atoms with Crippen LogP contribution in [0.5, 0.6) is 0 Å². The van der Waals surface area contributed by atoms with Crippen LogP contribution >= 0.6 is 0 Å². The molecule has 1 aromatic rings. The third kappa shape index (κ3) is 2.82. The number of rotatable bonds is 3. The maximum Gasteiger partial charge on any atom is 0.123 e. The zero-order chi connectivity index (χ0) is 11.5. The Morgan fingerprint density at radius 3 is 2.31 bits per heavy atom. The maximum atomic E-state index is 12.8. The van der Waals surface area contributed by atoms with Gasteiger partial charge in [-0.15, -0.1) is 0 Å². The molecule has 1 aromatic carbocycles. The highest BCUT2D eigenvalue weighted by Gasteiger charge is 2.17. The van der Waals surface area contributed by atoms with Gasteiger partial charge in [0.1, 0.15) is 5.82 Å². The van der Waals surface area contributed by atoms with Crippen LogP contribution in [0.15, 0.2) is 42.0 Å². The Kier molecular flexibility index (Phi) is 3.23. The molecular weight excluding hydrogens is 199 g/mol. The molecule has 84 valence electrons. The number of allylic oxidation sites excluding steroid dienone is 4. The molecule has 0 saturated heterocycles. The molecule has 0 N–H and O–H groups in total. The SMILES string of the molecule is CC(C)=C(C=CC1CC1)c1ccc(F)cc1. The monoisotopic (exact) mass is 216 g/mol. The van der Waals surface area contributed by atoms with E-state index in [4.69, 9.17) is 0 Å². The van der Waals surface area contributed by atoms with Crippen molar-refractivity contribution in [2.24, 2.45) is 5.92 Å². The van der Waals surface area contributed by atoms with Gasteiger partial charge in [0.05, 0.1) is 0 Å². The van der Waals surface area contributed by atoms with Gasteiger partial charge in [-0.1, -0.05) is 29.9 Å². The lowest BCUT2D eigenvalue weighted by Gasteiger charge is -2.05. The van der Waals surface area contributed by atoms with Crippen LogP contribution in [0.25, 0.3) is 5.57 Å². The van der Waals surface area contributed by atoms with Crippen molar-refractivity contribution in [1.82, 2.24) is 0 Å². The zero-order valence-corrected chi connectivity index (χ0v) is 9.83. The normalized spacial score (nSPS) is 15.4. The summed E-state index contributed by atoms with van der Waals surface area (Å²) in [5, 5.41) is 0. The van der Waals surface area contributed by atoms with E-state index < -0.39 is 0 Å². The van der Waals surface area contributed by atoms with Gasteiger partial charge in [0.15, 0.2) is 0 Å². The highest BCUT2D eigenvalue weighted by Crippen LogP contribution is 2.32. The van der Waals surface area contributed by atoms with Crippen molar-refractivity contribution in [1.29, 1.82) is 0 Å². The van der Waals surface area contributed by atoms with Crippen LogP contribution in [-0.4, -0.2) is 0 Å². The Balaban J connectivity index is 2.25. The Morgan fingerprint density at radius 1 is 1.19 bits per heavy atom. The fourth-order valence-electron chi connectivity index (χ4n) is 1.70. The Labute approximate surface area is 96.5 Å².